The van der Waals surface area contributed by atoms with Crippen LogP contribution in [0.15, 0.2) is 18.2 Å². The molecule has 0 saturated heterocycles. The summed E-state index contributed by atoms with van der Waals surface area (Å²) >= 11 is 6.03. The highest BCUT2D eigenvalue weighted by Crippen LogP contribution is 2.27. The Hall–Kier alpha value is -2.28. The standard InChI is InChI=1S/C12H13ClN4O3/c1-3-20-12(18)10-11(14)17(16-15-10)7-4-5-9(19-2)8(13)6-7/h4-6H,3,14H2,1-2H3. The summed E-state index contributed by atoms with van der Waals surface area (Å²) in [6, 6.07) is 4.98. The molecule has 2 aromatic rings. The average Bonchev–Trinajstić information content (AvgIpc) is 2.81. The highest BCUT2D eigenvalue weighted by Gasteiger charge is 2.19. The van der Waals surface area contributed by atoms with E-state index in [2.05, 4.69) is 10.3 Å². The van der Waals surface area contributed by atoms with Gasteiger partial charge in [-0.25, -0.2) is 4.79 Å². The van der Waals surface area contributed by atoms with Gasteiger partial charge in [-0.1, -0.05) is 16.8 Å². The summed E-state index contributed by atoms with van der Waals surface area (Å²) in [5, 5.41) is 7.95. The number of anilines is 1. The van der Waals surface area contributed by atoms with Crippen LogP contribution in [-0.4, -0.2) is 34.7 Å². The van der Waals surface area contributed by atoms with Gasteiger partial charge in [0.2, 0.25) is 5.69 Å². The minimum Gasteiger partial charge on any atom is -0.495 e. The lowest BCUT2D eigenvalue weighted by Gasteiger charge is -2.07. The SMILES string of the molecule is CCOC(=O)c1nnn(-c2ccc(OC)c(Cl)c2)c1N. The first-order chi connectivity index (χ1) is 9.58. The number of nitrogens with two attached hydrogens (primary N) is 1. The van der Waals surface area contributed by atoms with Crippen LogP contribution in [0, 0.1) is 0 Å². The Bertz CT molecular complexity index is 642. The number of rotatable bonds is 4. The monoisotopic (exact) mass is 296 g/mol. The molecule has 0 aliphatic rings. The number of methoxy groups -OCH3 is 1. The molecule has 0 bridgehead atoms. The Kier molecular flexibility index (Phi) is 4.09. The van der Waals surface area contributed by atoms with Crippen molar-refractivity contribution < 1.29 is 14.3 Å². The quantitative estimate of drug-likeness (QED) is 0.863. The van der Waals surface area contributed by atoms with Crippen LogP contribution >= 0.6 is 11.6 Å². The van der Waals surface area contributed by atoms with Crippen molar-refractivity contribution in [3.63, 3.8) is 0 Å². The van der Waals surface area contributed by atoms with Crippen molar-refractivity contribution in [1.82, 2.24) is 15.0 Å². The van der Waals surface area contributed by atoms with E-state index in [0.717, 1.165) is 0 Å². The first-order valence-electron chi connectivity index (χ1n) is 5.80. The molecule has 0 radical (unpaired) electrons. The number of aromatic nitrogens is 3. The Morgan fingerprint density at radius 1 is 1.50 bits per heavy atom. The number of nitrogens with zero attached hydrogens (tertiary/aromatic N) is 3. The number of hydrogen-bond acceptors (Lipinski definition) is 6. The smallest absolute Gasteiger partial charge is 0.362 e. The lowest BCUT2D eigenvalue weighted by Crippen LogP contribution is -2.09. The molecular weight excluding hydrogens is 284 g/mol. The lowest BCUT2D eigenvalue weighted by molar-refractivity contribution is 0.0520. The fourth-order valence-corrected chi connectivity index (χ4v) is 1.86. The number of ether oxygens (including phenoxy) is 2. The van der Waals surface area contributed by atoms with Crippen molar-refractivity contribution in [2.45, 2.75) is 6.92 Å². The Labute approximate surface area is 120 Å². The first kappa shape index (κ1) is 14.1. The number of halogens is 1. The number of nitrogen functional groups attached to an aromatic ring is 1. The Morgan fingerprint density at radius 3 is 2.85 bits per heavy atom. The highest BCUT2D eigenvalue weighted by atomic mass is 35.5. The van der Waals surface area contributed by atoms with E-state index in [-0.39, 0.29) is 18.1 Å². The molecule has 1 aromatic heterocycles. The molecule has 7 nitrogen and oxygen atoms in total. The normalized spacial score (nSPS) is 10.3. The lowest BCUT2D eigenvalue weighted by atomic mass is 10.3. The molecule has 0 saturated carbocycles. The molecule has 1 aromatic carbocycles. The van der Waals surface area contributed by atoms with E-state index in [1.165, 1.54) is 11.8 Å². The third kappa shape index (κ3) is 2.53. The Morgan fingerprint density at radius 2 is 2.25 bits per heavy atom. The number of carbonyl (C=O) groups excluding carboxylic acids is 1. The molecule has 0 fully saturated rings. The second kappa shape index (κ2) is 5.79. The average molecular weight is 297 g/mol. The van der Waals surface area contributed by atoms with Gasteiger partial charge in [0.15, 0.2) is 5.82 Å². The van der Waals surface area contributed by atoms with E-state index in [4.69, 9.17) is 26.8 Å². The van der Waals surface area contributed by atoms with Gasteiger partial charge in [0.1, 0.15) is 5.75 Å². The van der Waals surface area contributed by atoms with Gasteiger partial charge in [-0.05, 0) is 25.1 Å². The minimum absolute atomic E-state index is 0.0289. The van der Waals surface area contributed by atoms with Crippen LogP contribution in [0.25, 0.3) is 5.69 Å². The van der Waals surface area contributed by atoms with E-state index in [1.807, 2.05) is 0 Å². The van der Waals surface area contributed by atoms with Crippen LogP contribution in [0.2, 0.25) is 5.02 Å². The topological polar surface area (TPSA) is 92.3 Å². The van der Waals surface area contributed by atoms with Crippen LogP contribution < -0.4 is 10.5 Å². The second-order valence-corrected chi connectivity index (χ2v) is 4.18. The summed E-state index contributed by atoms with van der Waals surface area (Å²) in [7, 11) is 1.52. The van der Waals surface area contributed by atoms with E-state index >= 15 is 0 Å². The number of esters is 1. The molecule has 8 heteroatoms. The van der Waals surface area contributed by atoms with Crippen molar-refractivity contribution in [3.05, 3.63) is 28.9 Å². The largest absolute Gasteiger partial charge is 0.495 e. The third-order valence-electron chi connectivity index (χ3n) is 2.55. The Balaban J connectivity index is 2.39. The fraction of sp³-hybridized carbons (Fsp3) is 0.250. The molecule has 0 amide bonds. The first-order valence-corrected chi connectivity index (χ1v) is 6.18. The zero-order valence-electron chi connectivity index (χ0n) is 11.0. The van der Waals surface area contributed by atoms with Gasteiger partial charge in [0.05, 0.1) is 24.4 Å². The maximum absolute atomic E-state index is 11.6. The predicted molar refractivity (Wildman–Crippen MR) is 73.3 cm³/mol. The summed E-state index contributed by atoms with van der Waals surface area (Å²) in [6.07, 6.45) is 0. The fourth-order valence-electron chi connectivity index (χ4n) is 1.61. The summed E-state index contributed by atoms with van der Waals surface area (Å²) in [5.41, 5.74) is 6.39. The molecule has 0 aliphatic carbocycles. The van der Waals surface area contributed by atoms with Crippen molar-refractivity contribution in [1.29, 1.82) is 0 Å². The summed E-state index contributed by atoms with van der Waals surface area (Å²) in [4.78, 5) is 11.6. The van der Waals surface area contributed by atoms with Gasteiger partial charge in [-0.15, -0.1) is 5.10 Å². The highest BCUT2D eigenvalue weighted by molar-refractivity contribution is 6.32. The third-order valence-corrected chi connectivity index (χ3v) is 2.85. The molecular formula is C12H13ClN4O3. The van der Waals surface area contributed by atoms with Gasteiger partial charge in [0.25, 0.3) is 0 Å². The van der Waals surface area contributed by atoms with Gasteiger partial charge in [-0.2, -0.15) is 4.68 Å². The van der Waals surface area contributed by atoms with Gasteiger partial charge in [-0.3, -0.25) is 0 Å². The van der Waals surface area contributed by atoms with Gasteiger partial charge in [0, 0.05) is 0 Å². The minimum atomic E-state index is -0.615. The van der Waals surface area contributed by atoms with Crippen LogP contribution in [0.4, 0.5) is 5.82 Å². The van der Waals surface area contributed by atoms with Crippen LogP contribution in [0.3, 0.4) is 0 Å². The van der Waals surface area contributed by atoms with E-state index in [0.29, 0.717) is 16.5 Å². The van der Waals surface area contributed by atoms with Crippen LogP contribution in [-0.2, 0) is 4.74 Å². The number of hydrogen-bond donors (Lipinski definition) is 1. The summed E-state index contributed by atoms with van der Waals surface area (Å²) < 4.78 is 11.2. The molecule has 20 heavy (non-hydrogen) atoms. The molecule has 0 spiro atoms. The molecule has 1 heterocycles. The van der Waals surface area contributed by atoms with Crippen molar-refractivity contribution in [2.24, 2.45) is 0 Å². The maximum Gasteiger partial charge on any atom is 0.362 e. The molecule has 106 valence electrons. The molecule has 2 N–H and O–H groups in total. The van der Waals surface area contributed by atoms with E-state index in [9.17, 15) is 4.79 Å². The number of benzene rings is 1. The molecule has 0 atom stereocenters. The zero-order chi connectivity index (χ0) is 14.7. The van der Waals surface area contributed by atoms with Gasteiger partial charge >= 0.3 is 5.97 Å². The number of carbonyl (C=O) groups is 1. The zero-order valence-corrected chi connectivity index (χ0v) is 11.7. The molecule has 0 unspecified atom stereocenters. The second-order valence-electron chi connectivity index (χ2n) is 3.77. The summed E-state index contributed by atoms with van der Waals surface area (Å²) in [6.45, 7) is 1.93. The van der Waals surface area contributed by atoms with Crippen LogP contribution in [0.1, 0.15) is 17.4 Å². The van der Waals surface area contributed by atoms with Crippen molar-refractivity contribution in [3.8, 4) is 11.4 Å². The van der Waals surface area contributed by atoms with Crippen molar-refractivity contribution in [2.75, 3.05) is 19.5 Å². The molecule has 0 aliphatic heterocycles. The van der Waals surface area contributed by atoms with Crippen LogP contribution in [0.5, 0.6) is 5.75 Å². The summed E-state index contributed by atoms with van der Waals surface area (Å²) in [5.74, 6) is 0.000242. The molecule has 2 rings (SSSR count). The van der Waals surface area contributed by atoms with Crippen molar-refractivity contribution >= 4 is 23.4 Å². The predicted octanol–water partition coefficient (Wildman–Crippen LogP) is 1.69. The van der Waals surface area contributed by atoms with E-state index < -0.39 is 5.97 Å². The maximum atomic E-state index is 11.6. The van der Waals surface area contributed by atoms with Gasteiger partial charge < -0.3 is 15.2 Å². The van der Waals surface area contributed by atoms with E-state index in [1.54, 1.807) is 25.1 Å².